The van der Waals surface area contributed by atoms with Gasteiger partial charge in [0.05, 0.1) is 27.4 Å². The molecule has 0 atom stereocenters. The molecule has 1 aliphatic heterocycles. The third kappa shape index (κ3) is 5.13. The smallest absolute Gasteiger partial charge is 0.254 e. The summed E-state index contributed by atoms with van der Waals surface area (Å²) in [6.07, 6.45) is 5.91. The highest BCUT2D eigenvalue weighted by Gasteiger charge is 2.25. The first-order valence-corrected chi connectivity index (χ1v) is 11.8. The molecular weight excluding hydrogens is 450 g/mol. The standard InChI is InChI=1S/C27H27NO5S/c1-5-6-10-32-24-15-19(25-8-7-18(2)34-25)12-21-17-28(9-11-33-26(21)24)27(29)20-13-22(30-3)16-23(14-20)31-4/h1,7-8,12-16H,6,9-11,17H2,2-4H3. The number of thiophene rings is 1. The SMILES string of the molecule is C#CCCOc1cc(-c2ccc(C)s2)cc2c1OCCN(C(=O)c1cc(OC)cc(OC)c1)C2. The van der Waals surface area contributed by atoms with Crippen molar-refractivity contribution >= 4 is 17.2 Å². The lowest BCUT2D eigenvalue weighted by Gasteiger charge is -2.21. The molecule has 6 nitrogen and oxygen atoms in total. The Balaban J connectivity index is 1.70. The largest absolute Gasteiger partial charge is 0.497 e. The Labute approximate surface area is 204 Å². The summed E-state index contributed by atoms with van der Waals surface area (Å²) >= 11 is 1.71. The average molecular weight is 478 g/mol. The number of aryl methyl sites for hydroxylation is 1. The van der Waals surface area contributed by atoms with Crippen LogP contribution in [0.4, 0.5) is 0 Å². The van der Waals surface area contributed by atoms with Crippen molar-refractivity contribution in [1.29, 1.82) is 0 Å². The van der Waals surface area contributed by atoms with Crippen molar-refractivity contribution in [2.45, 2.75) is 19.9 Å². The number of fused-ring (bicyclic) bond motifs is 1. The number of carbonyl (C=O) groups excluding carboxylic acids is 1. The minimum Gasteiger partial charge on any atom is -0.497 e. The minimum atomic E-state index is -0.124. The maximum absolute atomic E-state index is 13.5. The fourth-order valence-electron chi connectivity index (χ4n) is 3.83. The number of nitrogens with zero attached hydrogens (tertiary/aromatic N) is 1. The van der Waals surface area contributed by atoms with E-state index in [-0.39, 0.29) is 5.91 Å². The number of ether oxygens (including phenoxy) is 4. The topological polar surface area (TPSA) is 57.2 Å². The third-order valence-electron chi connectivity index (χ3n) is 5.52. The van der Waals surface area contributed by atoms with Gasteiger partial charge >= 0.3 is 0 Å². The molecule has 0 saturated heterocycles. The van der Waals surface area contributed by atoms with E-state index in [1.807, 2.05) is 6.07 Å². The minimum absolute atomic E-state index is 0.124. The van der Waals surface area contributed by atoms with Crippen LogP contribution in [0, 0.1) is 19.3 Å². The Morgan fingerprint density at radius 3 is 2.56 bits per heavy atom. The Kier molecular flexibility index (Phi) is 7.29. The molecule has 176 valence electrons. The van der Waals surface area contributed by atoms with Crippen LogP contribution in [0.1, 0.15) is 27.2 Å². The molecule has 0 unspecified atom stereocenters. The third-order valence-corrected chi connectivity index (χ3v) is 6.56. The van der Waals surface area contributed by atoms with Gasteiger partial charge in [-0.05, 0) is 48.9 Å². The second-order valence-corrected chi connectivity index (χ2v) is 9.14. The van der Waals surface area contributed by atoms with Crippen LogP contribution in [-0.4, -0.2) is 44.8 Å². The molecule has 1 aliphatic rings. The number of amides is 1. The van der Waals surface area contributed by atoms with Gasteiger partial charge < -0.3 is 23.8 Å². The van der Waals surface area contributed by atoms with Gasteiger partial charge in [0, 0.05) is 39.9 Å². The highest BCUT2D eigenvalue weighted by molar-refractivity contribution is 7.15. The van der Waals surface area contributed by atoms with Crippen LogP contribution in [0.25, 0.3) is 10.4 Å². The van der Waals surface area contributed by atoms with Gasteiger partial charge in [-0.1, -0.05) is 0 Å². The first-order valence-electron chi connectivity index (χ1n) is 11.0. The van der Waals surface area contributed by atoms with Crippen LogP contribution in [0.3, 0.4) is 0 Å². The molecule has 3 aromatic rings. The van der Waals surface area contributed by atoms with Crippen LogP contribution in [0.2, 0.25) is 0 Å². The van der Waals surface area contributed by atoms with Crippen molar-refractivity contribution in [2.75, 3.05) is 34.0 Å². The van der Waals surface area contributed by atoms with E-state index < -0.39 is 0 Å². The zero-order valence-electron chi connectivity index (χ0n) is 19.6. The Bertz CT molecular complexity index is 1200. The first kappa shape index (κ1) is 23.5. The van der Waals surface area contributed by atoms with Gasteiger partial charge in [-0.2, -0.15) is 0 Å². The van der Waals surface area contributed by atoms with Gasteiger partial charge in [-0.25, -0.2) is 0 Å². The number of benzene rings is 2. The zero-order chi connectivity index (χ0) is 24.1. The lowest BCUT2D eigenvalue weighted by Crippen LogP contribution is -2.32. The van der Waals surface area contributed by atoms with Crippen molar-refractivity contribution in [2.24, 2.45) is 0 Å². The molecule has 4 rings (SSSR count). The first-order chi connectivity index (χ1) is 16.5. The molecule has 2 heterocycles. The summed E-state index contributed by atoms with van der Waals surface area (Å²) in [6.45, 7) is 3.64. The van der Waals surface area contributed by atoms with E-state index in [2.05, 4.69) is 31.0 Å². The highest BCUT2D eigenvalue weighted by atomic mass is 32.1. The normalized spacial score (nSPS) is 12.7. The van der Waals surface area contributed by atoms with Crippen LogP contribution >= 0.6 is 11.3 Å². The summed E-state index contributed by atoms with van der Waals surface area (Å²) < 4.78 is 22.8. The number of rotatable bonds is 7. The molecule has 1 amide bonds. The number of methoxy groups -OCH3 is 2. The maximum atomic E-state index is 13.5. The maximum Gasteiger partial charge on any atom is 0.254 e. The molecule has 1 aromatic heterocycles. The van der Waals surface area contributed by atoms with Crippen molar-refractivity contribution in [3.8, 4) is 45.8 Å². The lowest BCUT2D eigenvalue weighted by atomic mass is 10.1. The summed E-state index contributed by atoms with van der Waals surface area (Å²) in [6, 6.07) is 13.4. The molecule has 0 fully saturated rings. The zero-order valence-corrected chi connectivity index (χ0v) is 20.4. The predicted octanol–water partition coefficient (Wildman–Crippen LogP) is 5.18. The van der Waals surface area contributed by atoms with Gasteiger partial charge in [0.25, 0.3) is 5.91 Å². The molecular formula is C27H27NO5S. The molecule has 2 aromatic carbocycles. The van der Waals surface area contributed by atoms with E-state index >= 15 is 0 Å². The molecule has 7 heteroatoms. The Morgan fingerprint density at radius 1 is 1.15 bits per heavy atom. The molecule has 0 bridgehead atoms. The molecule has 0 radical (unpaired) electrons. The average Bonchev–Trinajstić information content (AvgIpc) is 3.17. The van der Waals surface area contributed by atoms with Gasteiger partial charge in [-0.3, -0.25) is 4.79 Å². The summed E-state index contributed by atoms with van der Waals surface area (Å²) in [4.78, 5) is 17.6. The quantitative estimate of drug-likeness (QED) is 0.347. The van der Waals surface area contributed by atoms with Gasteiger partial charge in [0.15, 0.2) is 11.5 Å². The Morgan fingerprint density at radius 2 is 1.91 bits per heavy atom. The number of carbonyl (C=O) groups is 1. The lowest BCUT2D eigenvalue weighted by molar-refractivity contribution is 0.0732. The number of hydrogen-bond donors (Lipinski definition) is 0. The number of hydrogen-bond acceptors (Lipinski definition) is 6. The van der Waals surface area contributed by atoms with E-state index in [4.69, 9.17) is 25.4 Å². The predicted molar refractivity (Wildman–Crippen MR) is 133 cm³/mol. The van der Waals surface area contributed by atoms with Crippen LogP contribution in [0.15, 0.2) is 42.5 Å². The van der Waals surface area contributed by atoms with Crippen molar-refractivity contribution in [1.82, 2.24) is 4.90 Å². The summed E-state index contributed by atoms with van der Waals surface area (Å²) in [7, 11) is 3.13. The molecule has 0 spiro atoms. The summed E-state index contributed by atoms with van der Waals surface area (Å²) in [5.41, 5.74) is 2.41. The summed E-state index contributed by atoms with van der Waals surface area (Å²) in [5, 5.41) is 0. The van der Waals surface area contributed by atoms with E-state index in [9.17, 15) is 4.79 Å². The second-order valence-electron chi connectivity index (χ2n) is 7.85. The molecule has 0 aliphatic carbocycles. The van der Waals surface area contributed by atoms with Crippen LogP contribution < -0.4 is 18.9 Å². The Hall–Kier alpha value is -3.63. The van der Waals surface area contributed by atoms with Crippen molar-refractivity contribution in [3.05, 3.63) is 58.5 Å². The van der Waals surface area contributed by atoms with E-state index in [1.54, 1.807) is 48.7 Å². The van der Waals surface area contributed by atoms with Gasteiger partial charge in [-0.15, -0.1) is 23.7 Å². The van der Waals surface area contributed by atoms with E-state index in [0.717, 1.165) is 16.0 Å². The molecule has 0 N–H and O–H groups in total. The fourth-order valence-corrected chi connectivity index (χ4v) is 4.68. The second kappa shape index (κ2) is 10.5. The van der Waals surface area contributed by atoms with E-state index in [0.29, 0.717) is 61.3 Å². The van der Waals surface area contributed by atoms with Crippen LogP contribution in [0.5, 0.6) is 23.0 Å². The van der Waals surface area contributed by atoms with E-state index in [1.165, 1.54) is 4.88 Å². The molecule has 34 heavy (non-hydrogen) atoms. The summed E-state index contributed by atoms with van der Waals surface area (Å²) in [5.74, 6) is 4.91. The number of terminal acetylenes is 1. The molecule has 0 saturated carbocycles. The van der Waals surface area contributed by atoms with Gasteiger partial charge in [0.2, 0.25) is 0 Å². The van der Waals surface area contributed by atoms with Crippen molar-refractivity contribution < 1.29 is 23.7 Å². The van der Waals surface area contributed by atoms with Crippen molar-refractivity contribution in [3.63, 3.8) is 0 Å². The highest BCUT2D eigenvalue weighted by Crippen LogP contribution is 2.40. The van der Waals surface area contributed by atoms with Crippen LogP contribution in [-0.2, 0) is 6.54 Å². The fraction of sp³-hybridized carbons (Fsp3) is 0.296. The monoisotopic (exact) mass is 477 g/mol. The van der Waals surface area contributed by atoms with Gasteiger partial charge in [0.1, 0.15) is 18.1 Å².